The molecule has 116 valence electrons. The molecule has 0 heterocycles. The standard InChI is InChI=1S/C20H18O3/c1-3-23-20(21)15-18(17-7-5-4-6-8-17)12-9-16-10-13-19(22-2)14-11-16/h4-8,10-11,13-15H,3H2,1-2H3/b18-15+. The quantitative estimate of drug-likeness (QED) is 0.491. The summed E-state index contributed by atoms with van der Waals surface area (Å²) in [5, 5.41) is 0. The van der Waals surface area contributed by atoms with E-state index >= 15 is 0 Å². The van der Waals surface area contributed by atoms with Crippen molar-refractivity contribution in [3.8, 4) is 17.6 Å². The van der Waals surface area contributed by atoms with Crippen molar-refractivity contribution in [3.63, 3.8) is 0 Å². The first-order valence-electron chi connectivity index (χ1n) is 7.33. The summed E-state index contributed by atoms with van der Waals surface area (Å²) in [7, 11) is 1.62. The molecule has 0 fully saturated rings. The summed E-state index contributed by atoms with van der Waals surface area (Å²) in [6, 6.07) is 17.0. The van der Waals surface area contributed by atoms with Gasteiger partial charge >= 0.3 is 5.97 Å². The molecule has 0 aliphatic heterocycles. The van der Waals surface area contributed by atoms with Crippen molar-refractivity contribution in [3.05, 3.63) is 71.8 Å². The number of carbonyl (C=O) groups is 1. The van der Waals surface area contributed by atoms with Crippen LogP contribution >= 0.6 is 0 Å². The van der Waals surface area contributed by atoms with Gasteiger partial charge in [0.25, 0.3) is 0 Å². The highest BCUT2D eigenvalue weighted by molar-refractivity contribution is 5.96. The number of carbonyl (C=O) groups excluding carboxylic acids is 1. The van der Waals surface area contributed by atoms with E-state index in [1.165, 1.54) is 6.08 Å². The molecule has 0 amide bonds. The number of allylic oxidation sites excluding steroid dienone is 1. The predicted molar refractivity (Wildman–Crippen MR) is 90.9 cm³/mol. The van der Waals surface area contributed by atoms with E-state index in [1.54, 1.807) is 14.0 Å². The number of esters is 1. The van der Waals surface area contributed by atoms with Crippen molar-refractivity contribution in [2.45, 2.75) is 6.92 Å². The molecule has 0 spiro atoms. The van der Waals surface area contributed by atoms with Gasteiger partial charge in [0, 0.05) is 17.2 Å². The number of hydrogen-bond acceptors (Lipinski definition) is 3. The third-order valence-electron chi connectivity index (χ3n) is 3.07. The fraction of sp³-hybridized carbons (Fsp3) is 0.150. The Bertz CT molecular complexity index is 732. The summed E-state index contributed by atoms with van der Waals surface area (Å²) in [5.41, 5.74) is 2.35. The van der Waals surface area contributed by atoms with Crippen molar-refractivity contribution in [2.24, 2.45) is 0 Å². The SMILES string of the molecule is CCOC(=O)/C=C(\C#Cc1ccc(OC)cc1)c1ccccc1. The Morgan fingerprint density at radius 2 is 1.78 bits per heavy atom. The molecule has 0 unspecified atom stereocenters. The van der Waals surface area contributed by atoms with Crippen LogP contribution < -0.4 is 4.74 Å². The molecule has 23 heavy (non-hydrogen) atoms. The lowest BCUT2D eigenvalue weighted by Crippen LogP contribution is -2.00. The lowest BCUT2D eigenvalue weighted by molar-refractivity contribution is -0.137. The second kappa shape index (κ2) is 8.45. The van der Waals surface area contributed by atoms with E-state index in [9.17, 15) is 4.79 Å². The number of benzene rings is 2. The van der Waals surface area contributed by atoms with Gasteiger partial charge in [-0.05, 0) is 36.8 Å². The van der Waals surface area contributed by atoms with E-state index in [1.807, 2.05) is 54.6 Å². The minimum atomic E-state index is -0.393. The van der Waals surface area contributed by atoms with Crippen molar-refractivity contribution in [1.82, 2.24) is 0 Å². The van der Waals surface area contributed by atoms with Crippen LogP contribution in [0.2, 0.25) is 0 Å². The smallest absolute Gasteiger partial charge is 0.332 e. The highest BCUT2D eigenvalue weighted by Gasteiger charge is 2.03. The van der Waals surface area contributed by atoms with Gasteiger partial charge in [-0.1, -0.05) is 42.2 Å². The normalized spacial score (nSPS) is 10.4. The summed E-state index contributed by atoms with van der Waals surface area (Å²) in [6.45, 7) is 2.11. The number of ether oxygens (including phenoxy) is 2. The van der Waals surface area contributed by atoms with E-state index in [0.29, 0.717) is 12.2 Å². The Kier molecular flexibility index (Phi) is 6.02. The molecule has 0 aliphatic carbocycles. The maximum atomic E-state index is 11.7. The zero-order chi connectivity index (χ0) is 16.5. The van der Waals surface area contributed by atoms with Gasteiger partial charge in [0.1, 0.15) is 5.75 Å². The van der Waals surface area contributed by atoms with Crippen molar-refractivity contribution < 1.29 is 14.3 Å². The van der Waals surface area contributed by atoms with E-state index in [0.717, 1.165) is 16.9 Å². The van der Waals surface area contributed by atoms with Gasteiger partial charge in [0.2, 0.25) is 0 Å². The average molecular weight is 306 g/mol. The van der Waals surface area contributed by atoms with Crippen molar-refractivity contribution >= 4 is 11.5 Å². The number of rotatable bonds is 4. The fourth-order valence-electron chi connectivity index (χ4n) is 1.92. The Morgan fingerprint density at radius 3 is 2.39 bits per heavy atom. The minimum Gasteiger partial charge on any atom is -0.497 e. The number of hydrogen-bond donors (Lipinski definition) is 0. The molecule has 0 saturated heterocycles. The highest BCUT2D eigenvalue weighted by atomic mass is 16.5. The molecule has 0 bridgehead atoms. The average Bonchev–Trinajstić information content (AvgIpc) is 2.60. The maximum Gasteiger partial charge on any atom is 0.332 e. The second-order valence-corrected chi connectivity index (χ2v) is 4.65. The predicted octanol–water partition coefficient (Wildman–Crippen LogP) is 3.69. The molecule has 2 aromatic rings. The molecule has 0 saturated carbocycles. The van der Waals surface area contributed by atoms with Crippen LogP contribution in [0.25, 0.3) is 5.57 Å². The summed E-state index contributed by atoms with van der Waals surface area (Å²) in [5.74, 6) is 6.49. The zero-order valence-electron chi connectivity index (χ0n) is 13.2. The van der Waals surface area contributed by atoms with Crippen molar-refractivity contribution in [1.29, 1.82) is 0 Å². The summed E-state index contributed by atoms with van der Waals surface area (Å²) in [6.07, 6.45) is 1.43. The molecule has 0 aromatic heterocycles. The lowest BCUT2D eigenvalue weighted by Gasteiger charge is -2.01. The lowest BCUT2D eigenvalue weighted by atomic mass is 10.1. The van der Waals surface area contributed by atoms with Crippen LogP contribution in [0.3, 0.4) is 0 Å². The van der Waals surface area contributed by atoms with Gasteiger partial charge in [-0.3, -0.25) is 0 Å². The molecule has 0 atom stereocenters. The molecular formula is C20H18O3. The molecule has 2 rings (SSSR count). The van der Waals surface area contributed by atoms with Gasteiger partial charge in [0.15, 0.2) is 0 Å². The van der Waals surface area contributed by atoms with Crippen LogP contribution in [0.1, 0.15) is 18.1 Å². The first-order chi connectivity index (χ1) is 11.2. The van der Waals surface area contributed by atoms with E-state index in [4.69, 9.17) is 9.47 Å². The molecular weight excluding hydrogens is 288 g/mol. The van der Waals surface area contributed by atoms with Crippen LogP contribution in [0.5, 0.6) is 5.75 Å². The van der Waals surface area contributed by atoms with Gasteiger partial charge in [-0.15, -0.1) is 0 Å². The van der Waals surface area contributed by atoms with Gasteiger partial charge in [-0.25, -0.2) is 4.79 Å². The second-order valence-electron chi connectivity index (χ2n) is 4.65. The van der Waals surface area contributed by atoms with Gasteiger partial charge in [0.05, 0.1) is 13.7 Å². The minimum absolute atomic E-state index is 0.337. The van der Waals surface area contributed by atoms with E-state index in [2.05, 4.69) is 11.8 Å². The first-order valence-corrected chi connectivity index (χ1v) is 7.33. The van der Waals surface area contributed by atoms with E-state index < -0.39 is 5.97 Å². The third kappa shape index (κ3) is 5.05. The molecule has 0 radical (unpaired) electrons. The third-order valence-corrected chi connectivity index (χ3v) is 3.07. The van der Waals surface area contributed by atoms with Gasteiger partial charge in [-0.2, -0.15) is 0 Å². The molecule has 0 N–H and O–H groups in total. The fourth-order valence-corrected chi connectivity index (χ4v) is 1.92. The van der Waals surface area contributed by atoms with Crippen LogP contribution in [0, 0.1) is 11.8 Å². The zero-order valence-corrected chi connectivity index (χ0v) is 13.2. The number of methoxy groups -OCH3 is 1. The van der Waals surface area contributed by atoms with Crippen LogP contribution in [-0.4, -0.2) is 19.7 Å². The summed E-state index contributed by atoms with van der Waals surface area (Å²) in [4.78, 5) is 11.7. The van der Waals surface area contributed by atoms with Crippen LogP contribution in [-0.2, 0) is 9.53 Å². The van der Waals surface area contributed by atoms with Gasteiger partial charge < -0.3 is 9.47 Å². The Morgan fingerprint density at radius 1 is 1.09 bits per heavy atom. The maximum absolute atomic E-state index is 11.7. The van der Waals surface area contributed by atoms with Crippen molar-refractivity contribution in [2.75, 3.05) is 13.7 Å². The van der Waals surface area contributed by atoms with E-state index in [-0.39, 0.29) is 0 Å². The Labute approximate surface area is 136 Å². The monoisotopic (exact) mass is 306 g/mol. The topological polar surface area (TPSA) is 35.5 Å². The highest BCUT2D eigenvalue weighted by Crippen LogP contribution is 2.15. The molecule has 3 nitrogen and oxygen atoms in total. The Balaban J connectivity index is 2.31. The largest absolute Gasteiger partial charge is 0.497 e. The summed E-state index contributed by atoms with van der Waals surface area (Å²) >= 11 is 0. The summed E-state index contributed by atoms with van der Waals surface area (Å²) < 4.78 is 10.1. The molecule has 2 aromatic carbocycles. The molecule has 3 heteroatoms. The first kappa shape index (κ1) is 16.4. The molecule has 0 aliphatic rings. The Hall–Kier alpha value is -2.99. The van der Waals surface area contributed by atoms with Crippen LogP contribution in [0.15, 0.2) is 60.7 Å². The van der Waals surface area contributed by atoms with Crippen LogP contribution in [0.4, 0.5) is 0 Å².